The van der Waals surface area contributed by atoms with Crippen molar-refractivity contribution in [1.82, 2.24) is 10.2 Å². The third kappa shape index (κ3) is 3.55. The monoisotopic (exact) mass is 232 g/mol. The van der Waals surface area contributed by atoms with E-state index in [0.29, 0.717) is 5.41 Å². The molecule has 1 unspecified atom stereocenters. The molecule has 0 spiro atoms. The van der Waals surface area contributed by atoms with Crippen LogP contribution < -0.4 is 5.32 Å². The molecule has 2 nitrogen and oxygen atoms in total. The molecule has 1 aliphatic rings. The Morgan fingerprint density at radius 1 is 1.29 bits per heavy atom. The zero-order chi connectivity index (χ0) is 12.1. The molecule has 0 aromatic heterocycles. The predicted molar refractivity (Wildman–Crippen MR) is 73.0 cm³/mol. The lowest BCUT2D eigenvalue weighted by Crippen LogP contribution is -2.37. The van der Waals surface area contributed by atoms with E-state index in [4.69, 9.17) is 0 Å². The summed E-state index contributed by atoms with van der Waals surface area (Å²) in [6.45, 7) is 10.4. The lowest BCUT2D eigenvalue weighted by Gasteiger charge is -2.31. The molecule has 1 saturated heterocycles. The summed E-state index contributed by atoms with van der Waals surface area (Å²) in [5.41, 5.74) is 1.88. The normalized spacial score (nSPS) is 24.4. The highest BCUT2D eigenvalue weighted by molar-refractivity contribution is 5.14. The first kappa shape index (κ1) is 12.6. The predicted octanol–water partition coefficient (Wildman–Crippen LogP) is 2.51. The Kier molecular flexibility index (Phi) is 4.19. The smallest absolute Gasteiger partial charge is 0.0233 e. The Labute approximate surface area is 105 Å². The second-order valence-corrected chi connectivity index (χ2v) is 5.53. The first-order chi connectivity index (χ1) is 8.22. The van der Waals surface area contributed by atoms with E-state index in [0.717, 1.165) is 19.6 Å². The van der Waals surface area contributed by atoms with Gasteiger partial charge in [0, 0.05) is 19.6 Å². The van der Waals surface area contributed by atoms with Gasteiger partial charge in [-0.2, -0.15) is 0 Å². The SMILES string of the molecule is CCN(Cc1ccccc1)CC1(C)CCNC1. The van der Waals surface area contributed by atoms with Crippen LogP contribution in [0.25, 0.3) is 0 Å². The Bertz CT molecular complexity index is 328. The largest absolute Gasteiger partial charge is 0.316 e. The Balaban J connectivity index is 1.93. The average molecular weight is 232 g/mol. The minimum Gasteiger partial charge on any atom is -0.316 e. The number of rotatable bonds is 5. The van der Waals surface area contributed by atoms with Crippen molar-refractivity contribution in [1.29, 1.82) is 0 Å². The third-order valence-corrected chi connectivity index (χ3v) is 3.76. The second kappa shape index (κ2) is 5.65. The van der Waals surface area contributed by atoms with E-state index in [9.17, 15) is 0 Å². The molecule has 0 bridgehead atoms. The Hall–Kier alpha value is -0.860. The second-order valence-electron chi connectivity index (χ2n) is 5.53. The van der Waals surface area contributed by atoms with Gasteiger partial charge in [-0.3, -0.25) is 4.90 Å². The molecule has 1 atom stereocenters. The first-order valence-corrected chi connectivity index (χ1v) is 6.69. The standard InChI is InChI=1S/C15H24N2/c1-3-17(11-14-7-5-4-6-8-14)13-15(2)9-10-16-12-15/h4-8,16H,3,9-13H2,1-2H3. The van der Waals surface area contributed by atoms with Crippen LogP contribution in [0.15, 0.2) is 30.3 Å². The van der Waals surface area contributed by atoms with E-state index < -0.39 is 0 Å². The molecular formula is C15H24N2. The zero-order valence-electron chi connectivity index (χ0n) is 11.1. The molecule has 1 aliphatic heterocycles. The lowest BCUT2D eigenvalue weighted by atomic mass is 9.89. The molecule has 0 saturated carbocycles. The van der Waals surface area contributed by atoms with Crippen LogP contribution in [-0.2, 0) is 6.54 Å². The lowest BCUT2D eigenvalue weighted by molar-refractivity contribution is 0.178. The highest BCUT2D eigenvalue weighted by atomic mass is 15.1. The maximum atomic E-state index is 3.48. The van der Waals surface area contributed by atoms with E-state index in [1.807, 2.05) is 0 Å². The van der Waals surface area contributed by atoms with Gasteiger partial charge >= 0.3 is 0 Å². The molecule has 2 heteroatoms. The van der Waals surface area contributed by atoms with Crippen LogP contribution in [0.5, 0.6) is 0 Å². The van der Waals surface area contributed by atoms with Crippen molar-refractivity contribution in [3.8, 4) is 0 Å². The summed E-state index contributed by atoms with van der Waals surface area (Å²) in [6, 6.07) is 10.8. The van der Waals surface area contributed by atoms with Crippen molar-refractivity contribution in [3.05, 3.63) is 35.9 Å². The van der Waals surface area contributed by atoms with Crippen molar-refractivity contribution in [3.63, 3.8) is 0 Å². The van der Waals surface area contributed by atoms with E-state index >= 15 is 0 Å². The zero-order valence-corrected chi connectivity index (χ0v) is 11.1. The third-order valence-electron chi connectivity index (χ3n) is 3.76. The minimum absolute atomic E-state index is 0.463. The van der Waals surface area contributed by atoms with E-state index in [1.54, 1.807) is 0 Å². The number of hydrogen-bond acceptors (Lipinski definition) is 2. The van der Waals surface area contributed by atoms with Gasteiger partial charge in [0.1, 0.15) is 0 Å². The van der Waals surface area contributed by atoms with Crippen LogP contribution in [-0.4, -0.2) is 31.1 Å². The first-order valence-electron chi connectivity index (χ1n) is 6.69. The molecule has 1 aromatic carbocycles. The number of nitrogens with one attached hydrogen (secondary N) is 1. The van der Waals surface area contributed by atoms with Gasteiger partial charge in [0.15, 0.2) is 0 Å². The van der Waals surface area contributed by atoms with E-state index in [1.165, 1.54) is 25.1 Å². The fourth-order valence-corrected chi connectivity index (χ4v) is 2.66. The van der Waals surface area contributed by atoms with Crippen LogP contribution in [0, 0.1) is 5.41 Å². The minimum atomic E-state index is 0.463. The molecule has 2 rings (SSSR count). The molecule has 94 valence electrons. The Morgan fingerprint density at radius 2 is 2.06 bits per heavy atom. The summed E-state index contributed by atoms with van der Waals surface area (Å²) < 4.78 is 0. The summed E-state index contributed by atoms with van der Waals surface area (Å²) in [6.07, 6.45) is 1.30. The molecule has 1 heterocycles. The summed E-state index contributed by atoms with van der Waals surface area (Å²) in [7, 11) is 0. The van der Waals surface area contributed by atoms with Crippen molar-refractivity contribution >= 4 is 0 Å². The van der Waals surface area contributed by atoms with Gasteiger partial charge in [-0.25, -0.2) is 0 Å². The summed E-state index contributed by atoms with van der Waals surface area (Å²) in [5.74, 6) is 0. The molecule has 0 amide bonds. The molecule has 0 radical (unpaired) electrons. The van der Waals surface area contributed by atoms with Gasteiger partial charge in [-0.1, -0.05) is 44.2 Å². The van der Waals surface area contributed by atoms with Crippen LogP contribution in [0.2, 0.25) is 0 Å². The molecule has 17 heavy (non-hydrogen) atoms. The number of hydrogen-bond donors (Lipinski definition) is 1. The van der Waals surface area contributed by atoms with Gasteiger partial charge in [0.2, 0.25) is 0 Å². The molecule has 0 aliphatic carbocycles. The van der Waals surface area contributed by atoms with Gasteiger partial charge in [-0.05, 0) is 30.5 Å². The average Bonchev–Trinajstić information content (AvgIpc) is 2.76. The quantitative estimate of drug-likeness (QED) is 0.839. The van der Waals surface area contributed by atoms with E-state index in [2.05, 4.69) is 54.4 Å². The van der Waals surface area contributed by atoms with Gasteiger partial charge in [0.25, 0.3) is 0 Å². The van der Waals surface area contributed by atoms with Gasteiger partial charge < -0.3 is 5.32 Å². The van der Waals surface area contributed by atoms with Crippen molar-refractivity contribution in [2.75, 3.05) is 26.2 Å². The molecular weight excluding hydrogens is 208 g/mol. The number of nitrogens with zero attached hydrogens (tertiary/aromatic N) is 1. The van der Waals surface area contributed by atoms with Crippen molar-refractivity contribution in [2.45, 2.75) is 26.8 Å². The summed E-state index contributed by atoms with van der Waals surface area (Å²) in [5, 5.41) is 3.48. The maximum Gasteiger partial charge on any atom is 0.0233 e. The van der Waals surface area contributed by atoms with Crippen LogP contribution in [0.4, 0.5) is 0 Å². The van der Waals surface area contributed by atoms with Gasteiger partial charge in [0.05, 0.1) is 0 Å². The number of benzene rings is 1. The Morgan fingerprint density at radius 3 is 2.65 bits per heavy atom. The molecule has 1 fully saturated rings. The summed E-state index contributed by atoms with van der Waals surface area (Å²) >= 11 is 0. The summed E-state index contributed by atoms with van der Waals surface area (Å²) in [4.78, 5) is 2.56. The van der Waals surface area contributed by atoms with Gasteiger partial charge in [-0.15, -0.1) is 0 Å². The van der Waals surface area contributed by atoms with E-state index in [-0.39, 0.29) is 0 Å². The fourth-order valence-electron chi connectivity index (χ4n) is 2.66. The van der Waals surface area contributed by atoms with Crippen molar-refractivity contribution in [2.24, 2.45) is 5.41 Å². The topological polar surface area (TPSA) is 15.3 Å². The maximum absolute atomic E-state index is 3.48. The molecule has 1 aromatic rings. The highest BCUT2D eigenvalue weighted by Gasteiger charge is 2.30. The van der Waals surface area contributed by atoms with Crippen LogP contribution in [0.1, 0.15) is 25.8 Å². The molecule has 1 N–H and O–H groups in total. The highest BCUT2D eigenvalue weighted by Crippen LogP contribution is 2.26. The van der Waals surface area contributed by atoms with Crippen LogP contribution >= 0.6 is 0 Å². The fraction of sp³-hybridized carbons (Fsp3) is 0.600. The van der Waals surface area contributed by atoms with Crippen LogP contribution in [0.3, 0.4) is 0 Å². The van der Waals surface area contributed by atoms with Crippen molar-refractivity contribution < 1.29 is 0 Å².